The lowest BCUT2D eigenvalue weighted by atomic mass is 10.1. The lowest BCUT2D eigenvalue weighted by Crippen LogP contribution is -2.55. The normalized spacial score (nSPS) is 23.3. The number of hydrogen-bond acceptors (Lipinski definition) is 11. The number of carbonyl (C=O) groups is 4. The second-order valence-electron chi connectivity index (χ2n) is 13.5. The number of aromatic nitrogens is 1. The van der Waals surface area contributed by atoms with Crippen LogP contribution in [0.5, 0.6) is 11.5 Å². The average Bonchev–Trinajstić information content (AvgIpc) is 3.40. The number of rotatable bonds is 17. The molecule has 2 heterocycles. The molecule has 0 unspecified atom stereocenters. The third-order valence-electron chi connectivity index (χ3n) is 9.80. The number of ketones is 1. The Kier molecular flexibility index (Phi) is 13.1. The topological polar surface area (TPSA) is 172 Å². The summed E-state index contributed by atoms with van der Waals surface area (Å²) in [6, 6.07) is 4.34. The quantitative estimate of drug-likeness (QED) is 0.0822. The molecule has 16 heteroatoms. The Hall–Kier alpha value is -3.78. The van der Waals surface area contributed by atoms with E-state index in [2.05, 4.69) is 44.7 Å². The minimum absolute atomic E-state index is 0.0110. The lowest BCUT2D eigenvalue weighted by Gasteiger charge is -2.32. The van der Waals surface area contributed by atoms with Crippen LogP contribution < -0.4 is 20.1 Å². The first-order chi connectivity index (χ1) is 25.3. The Morgan fingerprint density at radius 2 is 1.83 bits per heavy atom. The van der Waals surface area contributed by atoms with Crippen molar-refractivity contribution < 1.29 is 47.0 Å². The molecule has 1 aromatic carbocycles. The van der Waals surface area contributed by atoms with Crippen LogP contribution in [-0.2, 0) is 27.9 Å². The zero-order valence-corrected chi connectivity index (χ0v) is 33.0. The number of pyridine rings is 1. The van der Waals surface area contributed by atoms with Crippen LogP contribution in [0.2, 0.25) is 0 Å². The highest BCUT2D eigenvalue weighted by Crippen LogP contribution is 2.72. The van der Waals surface area contributed by atoms with E-state index in [1.165, 1.54) is 18.1 Å². The van der Waals surface area contributed by atoms with E-state index in [0.29, 0.717) is 28.0 Å². The predicted octanol–water partition coefficient (Wildman–Crippen LogP) is 6.07. The number of Topliss-reactive ketones (excluding diaryl/α,β-unsaturated/α-hetero) is 1. The van der Waals surface area contributed by atoms with Gasteiger partial charge in [0.2, 0.25) is 11.8 Å². The van der Waals surface area contributed by atoms with Crippen LogP contribution >= 0.6 is 23.5 Å². The van der Waals surface area contributed by atoms with Crippen LogP contribution in [-0.4, -0.2) is 95.3 Å². The van der Waals surface area contributed by atoms with E-state index in [1.807, 2.05) is 0 Å². The Balaban J connectivity index is 1.49. The molecule has 3 amide bonds. The number of alkyl carbamates (subject to hydrolysis) is 1. The molecule has 5 rings (SSSR count). The Morgan fingerprint density at radius 1 is 1.13 bits per heavy atom. The molecule has 14 nitrogen and oxygen atoms in total. The second-order valence-corrected chi connectivity index (χ2v) is 16.3. The van der Waals surface area contributed by atoms with Crippen molar-refractivity contribution in [1.82, 2.24) is 20.5 Å². The third-order valence-corrected chi connectivity index (χ3v) is 13.1. The van der Waals surface area contributed by atoms with Crippen molar-refractivity contribution in [1.29, 1.82) is 0 Å². The molecule has 288 valence electrons. The fourth-order valence-corrected chi connectivity index (χ4v) is 9.70. The maximum absolute atomic E-state index is 14.4. The summed E-state index contributed by atoms with van der Waals surface area (Å²) in [5.74, 6) is -1.05. The zero-order valence-electron chi connectivity index (χ0n) is 30.6. The highest BCUT2D eigenvalue weighted by Gasteiger charge is 2.68. The fourth-order valence-electron chi connectivity index (χ4n) is 7.02. The lowest BCUT2D eigenvalue weighted by molar-refractivity contribution is -0.139. The van der Waals surface area contributed by atoms with Gasteiger partial charge in [-0.2, -0.15) is 0 Å². The van der Waals surface area contributed by atoms with Gasteiger partial charge in [-0.3, -0.25) is 18.9 Å². The molecular formula is C37H48BrN4O10P. The highest BCUT2D eigenvalue weighted by atomic mass is 79.9. The van der Waals surface area contributed by atoms with Gasteiger partial charge < -0.3 is 38.8 Å². The van der Waals surface area contributed by atoms with Gasteiger partial charge in [-0.15, -0.1) is 6.58 Å². The first-order valence-corrected chi connectivity index (χ1v) is 20.5. The molecule has 5 atom stereocenters. The summed E-state index contributed by atoms with van der Waals surface area (Å²) >= 11 is 3.21. The number of nitrogens with zero attached hydrogens (tertiary/aromatic N) is 2. The Labute approximate surface area is 318 Å². The molecule has 2 saturated carbocycles. The molecule has 2 aromatic rings. The first kappa shape index (κ1) is 40.4. The van der Waals surface area contributed by atoms with Crippen molar-refractivity contribution in [3.05, 3.63) is 54.8 Å². The molecule has 1 saturated heterocycles. The summed E-state index contributed by atoms with van der Waals surface area (Å²) in [6.07, 6.45) is 3.50. The van der Waals surface area contributed by atoms with Gasteiger partial charge in [0, 0.05) is 29.9 Å². The van der Waals surface area contributed by atoms with Gasteiger partial charge in [0.15, 0.2) is 5.78 Å². The van der Waals surface area contributed by atoms with E-state index in [4.69, 9.17) is 23.3 Å². The fraction of sp³-hybridized carbons (Fsp3) is 0.541. The smallest absolute Gasteiger partial charge is 0.408 e. The number of halogens is 1. The SMILES string of the molecule is C=C[C@@H]1C[C@]1(NC(=O)[C@@H]1C[C@@H](Oc2cc(C(=O)CBr)nc3cc(OC)ccc23)CN1C(=O)[C@@H](NC(=O)OC1CCCC1)C(=C)C)P(=O)(OCC)OCC. The van der Waals surface area contributed by atoms with Crippen LogP contribution in [0.3, 0.4) is 0 Å². The maximum atomic E-state index is 14.4. The largest absolute Gasteiger partial charge is 0.497 e. The number of benzene rings is 1. The van der Waals surface area contributed by atoms with Crippen LogP contribution in [0.15, 0.2) is 49.1 Å². The monoisotopic (exact) mass is 818 g/mol. The summed E-state index contributed by atoms with van der Waals surface area (Å²) in [7, 11) is -2.37. The number of methoxy groups -OCH3 is 1. The molecule has 53 heavy (non-hydrogen) atoms. The van der Waals surface area contributed by atoms with Crippen molar-refractivity contribution in [3.63, 3.8) is 0 Å². The third kappa shape index (κ3) is 8.64. The van der Waals surface area contributed by atoms with Crippen LogP contribution in [0.4, 0.5) is 4.79 Å². The standard InChI is InChI=1S/C37H48BrN4O10P/c1-7-23-19-37(23,53(47,49-8-2)50-9-3)41-34(44)30-17-26(21-42(30)35(45)33(22(4)5)40-36(46)52-24-12-10-11-13-24)51-32-18-29(31(43)20-38)39-28-16-25(48-6)14-15-27(28)32/h7,14-16,18,23-24,26,30,33H,1,4,8-13,17,19-21H2,2-3,5-6H3,(H,40,46)(H,41,44)/t23-,26-,30+,33+,37+/m1/s1. The van der Waals surface area contributed by atoms with E-state index < -0.39 is 54.9 Å². The highest BCUT2D eigenvalue weighted by molar-refractivity contribution is 9.09. The van der Waals surface area contributed by atoms with E-state index in [9.17, 15) is 23.7 Å². The number of hydrogen-bond donors (Lipinski definition) is 2. The van der Waals surface area contributed by atoms with Gasteiger partial charge in [-0.1, -0.05) is 28.6 Å². The number of ether oxygens (including phenoxy) is 3. The molecule has 1 aromatic heterocycles. The number of amides is 3. The second kappa shape index (κ2) is 17.1. The molecule has 0 radical (unpaired) electrons. The van der Waals surface area contributed by atoms with Crippen LogP contribution in [0.25, 0.3) is 10.9 Å². The van der Waals surface area contributed by atoms with E-state index in [0.717, 1.165) is 25.7 Å². The first-order valence-electron chi connectivity index (χ1n) is 17.8. The van der Waals surface area contributed by atoms with Crippen molar-refractivity contribution in [3.8, 4) is 11.5 Å². The van der Waals surface area contributed by atoms with E-state index in [1.54, 1.807) is 45.0 Å². The molecule has 1 aliphatic heterocycles. The Bertz CT molecular complexity index is 1790. The summed E-state index contributed by atoms with van der Waals surface area (Å²) in [6.45, 7) is 12.9. The van der Waals surface area contributed by atoms with Gasteiger partial charge in [-0.05, 0) is 70.6 Å². The molecule has 3 aliphatic rings. The average molecular weight is 820 g/mol. The molecule has 0 bridgehead atoms. The van der Waals surface area contributed by atoms with Crippen LogP contribution in [0, 0.1) is 5.92 Å². The van der Waals surface area contributed by atoms with Gasteiger partial charge >= 0.3 is 13.7 Å². The summed E-state index contributed by atoms with van der Waals surface area (Å²) in [5.41, 5.74) is 0.933. The molecule has 3 fully saturated rings. The van der Waals surface area contributed by atoms with Crippen molar-refractivity contribution in [2.45, 2.75) is 88.9 Å². The molecule has 2 aliphatic carbocycles. The molecule has 0 spiro atoms. The maximum Gasteiger partial charge on any atom is 0.408 e. The molecular weight excluding hydrogens is 771 g/mol. The Morgan fingerprint density at radius 3 is 2.42 bits per heavy atom. The minimum Gasteiger partial charge on any atom is -0.497 e. The zero-order chi connectivity index (χ0) is 38.5. The number of alkyl halides is 1. The van der Waals surface area contributed by atoms with Crippen LogP contribution in [0.1, 0.15) is 69.8 Å². The van der Waals surface area contributed by atoms with Crippen molar-refractivity contribution in [2.24, 2.45) is 5.92 Å². The van der Waals surface area contributed by atoms with Gasteiger partial charge in [0.05, 0.1) is 37.7 Å². The minimum atomic E-state index is -3.89. The van der Waals surface area contributed by atoms with E-state index in [-0.39, 0.29) is 55.5 Å². The predicted molar refractivity (Wildman–Crippen MR) is 201 cm³/mol. The van der Waals surface area contributed by atoms with Crippen molar-refractivity contribution >= 4 is 58.1 Å². The number of nitrogens with one attached hydrogen (secondary N) is 2. The summed E-state index contributed by atoms with van der Waals surface area (Å²) in [5, 5.41) is 4.83. The summed E-state index contributed by atoms with van der Waals surface area (Å²) < 4.78 is 43.0. The number of likely N-dealkylation sites (tertiary alicyclic amines) is 1. The number of fused-ring (bicyclic) bond motifs is 1. The van der Waals surface area contributed by atoms with Gasteiger partial charge in [0.1, 0.15) is 46.8 Å². The van der Waals surface area contributed by atoms with Gasteiger partial charge in [-0.25, -0.2) is 9.78 Å². The van der Waals surface area contributed by atoms with E-state index >= 15 is 0 Å². The summed E-state index contributed by atoms with van der Waals surface area (Å²) in [4.78, 5) is 60.4. The molecule has 2 N–H and O–H groups in total. The van der Waals surface area contributed by atoms with Gasteiger partial charge in [0.25, 0.3) is 0 Å². The number of carbonyl (C=O) groups excluding carboxylic acids is 4. The van der Waals surface area contributed by atoms with Crippen molar-refractivity contribution in [2.75, 3.05) is 32.2 Å².